The number of halogens is 1. The highest BCUT2D eigenvalue weighted by Gasteiger charge is 2.14. The number of hydrogen-bond donors (Lipinski definition) is 3. The van der Waals surface area contributed by atoms with Crippen molar-refractivity contribution in [2.75, 3.05) is 11.9 Å². The van der Waals surface area contributed by atoms with Crippen molar-refractivity contribution >= 4 is 50.5 Å². The minimum absolute atomic E-state index is 0.0656. The zero-order valence-electron chi connectivity index (χ0n) is 13.5. The first-order valence-electron chi connectivity index (χ1n) is 7.34. The van der Waals surface area contributed by atoms with E-state index >= 15 is 0 Å². The van der Waals surface area contributed by atoms with Gasteiger partial charge in [-0.15, -0.1) is 0 Å². The monoisotopic (exact) mass is 439 g/mol. The Hall–Kier alpha value is -2.72. The van der Waals surface area contributed by atoms with E-state index in [0.29, 0.717) is 22.4 Å². The Bertz CT molecular complexity index is 875. The molecule has 2 aromatic rings. The number of thiocarbonyl (C=S) groups is 1. The van der Waals surface area contributed by atoms with E-state index in [4.69, 9.17) is 17.0 Å². The predicted octanol–water partition coefficient (Wildman–Crippen LogP) is 3.59. The summed E-state index contributed by atoms with van der Waals surface area (Å²) in [5.41, 5.74) is 0.216. The molecule has 0 saturated carbocycles. The van der Waals surface area contributed by atoms with Crippen LogP contribution in [0.3, 0.4) is 0 Å². The second-order valence-electron chi connectivity index (χ2n) is 4.95. The molecule has 0 aliphatic rings. The minimum Gasteiger partial charge on any atom is -0.506 e. The highest BCUT2D eigenvalue weighted by atomic mass is 79.9. The molecule has 136 valence electrons. The van der Waals surface area contributed by atoms with Gasteiger partial charge in [0.25, 0.3) is 11.6 Å². The molecule has 0 radical (unpaired) electrons. The topological polar surface area (TPSA) is 114 Å². The molecule has 2 rings (SSSR count). The summed E-state index contributed by atoms with van der Waals surface area (Å²) in [5, 5.41) is 25.5. The maximum atomic E-state index is 12.2. The van der Waals surface area contributed by atoms with Gasteiger partial charge >= 0.3 is 0 Å². The number of aromatic hydroxyl groups is 1. The molecule has 3 N–H and O–H groups in total. The van der Waals surface area contributed by atoms with Crippen molar-refractivity contribution < 1.29 is 19.6 Å². The molecule has 0 fully saturated rings. The quantitative estimate of drug-likeness (QED) is 0.282. The molecular weight excluding hydrogens is 426 g/mol. The smallest absolute Gasteiger partial charge is 0.273 e. The Kier molecular flexibility index (Phi) is 6.47. The molecule has 26 heavy (non-hydrogen) atoms. The van der Waals surface area contributed by atoms with Crippen LogP contribution in [0.15, 0.2) is 40.9 Å². The van der Waals surface area contributed by atoms with Crippen molar-refractivity contribution in [1.82, 2.24) is 5.32 Å². The summed E-state index contributed by atoms with van der Waals surface area (Å²) >= 11 is 8.35. The Morgan fingerprint density at radius 1 is 1.35 bits per heavy atom. The molecule has 0 heterocycles. The zero-order chi connectivity index (χ0) is 19.3. The van der Waals surface area contributed by atoms with Crippen LogP contribution < -0.4 is 15.4 Å². The largest absolute Gasteiger partial charge is 0.506 e. The van der Waals surface area contributed by atoms with Crippen LogP contribution in [0.4, 0.5) is 11.4 Å². The lowest BCUT2D eigenvalue weighted by atomic mass is 10.2. The van der Waals surface area contributed by atoms with Crippen LogP contribution in [0.1, 0.15) is 17.3 Å². The van der Waals surface area contributed by atoms with Gasteiger partial charge in [-0.1, -0.05) is 0 Å². The summed E-state index contributed by atoms with van der Waals surface area (Å²) in [4.78, 5) is 22.3. The summed E-state index contributed by atoms with van der Waals surface area (Å²) in [7, 11) is 0. The fourth-order valence-corrected chi connectivity index (χ4v) is 2.68. The molecule has 0 saturated heterocycles. The van der Waals surface area contributed by atoms with E-state index in [-0.39, 0.29) is 22.2 Å². The second-order valence-corrected chi connectivity index (χ2v) is 6.21. The Morgan fingerprint density at radius 2 is 2.08 bits per heavy atom. The fourth-order valence-electron chi connectivity index (χ4n) is 1.98. The Labute approximate surface area is 162 Å². The number of nitrogens with one attached hydrogen (secondary N) is 2. The molecule has 10 heteroatoms. The molecule has 1 amide bonds. The molecule has 2 aromatic carbocycles. The number of carbonyl (C=O) groups is 1. The Balaban J connectivity index is 2.04. The van der Waals surface area contributed by atoms with E-state index in [1.807, 2.05) is 6.92 Å². The van der Waals surface area contributed by atoms with Gasteiger partial charge in [-0.05, 0) is 59.3 Å². The second kappa shape index (κ2) is 8.59. The lowest BCUT2D eigenvalue weighted by Crippen LogP contribution is -2.34. The number of nitro benzene ring substituents is 1. The van der Waals surface area contributed by atoms with Crippen molar-refractivity contribution in [3.63, 3.8) is 0 Å². The average Bonchev–Trinajstić information content (AvgIpc) is 2.58. The molecule has 0 aliphatic carbocycles. The van der Waals surface area contributed by atoms with Gasteiger partial charge < -0.3 is 15.2 Å². The van der Waals surface area contributed by atoms with Gasteiger partial charge in [0.2, 0.25) is 0 Å². The fraction of sp³-hybridized carbons (Fsp3) is 0.125. The summed E-state index contributed by atoms with van der Waals surface area (Å²) in [6.07, 6.45) is 0. The third-order valence-corrected chi connectivity index (χ3v) is 3.99. The number of nitro groups is 1. The number of carbonyl (C=O) groups excluding carboxylic acids is 1. The normalized spacial score (nSPS) is 10.1. The first-order valence-corrected chi connectivity index (χ1v) is 8.54. The number of nitrogens with zero attached hydrogens (tertiary/aromatic N) is 1. The van der Waals surface area contributed by atoms with Gasteiger partial charge in [0, 0.05) is 11.6 Å². The maximum Gasteiger partial charge on any atom is 0.273 e. The van der Waals surface area contributed by atoms with E-state index in [1.54, 1.807) is 18.2 Å². The molecule has 8 nitrogen and oxygen atoms in total. The Morgan fingerprint density at radius 3 is 2.65 bits per heavy atom. The first-order chi connectivity index (χ1) is 12.3. The number of non-ortho nitro benzene ring substituents is 1. The number of hydrogen-bond acceptors (Lipinski definition) is 6. The molecule has 0 unspecified atom stereocenters. The van der Waals surface area contributed by atoms with Crippen LogP contribution in [0.5, 0.6) is 11.5 Å². The van der Waals surface area contributed by atoms with Crippen molar-refractivity contribution in [1.29, 1.82) is 0 Å². The number of phenolic OH excluding ortho intramolecular Hbond substituents is 1. The van der Waals surface area contributed by atoms with Crippen LogP contribution in [0.25, 0.3) is 0 Å². The number of rotatable bonds is 5. The third kappa shape index (κ3) is 4.90. The standard InChI is InChI=1S/C16H14BrN3O5S/c1-2-25-14-6-3-9(7-11(14)17)15(22)19-16(26)18-12-5-4-10(20(23)24)8-13(12)21/h3-8,21H,2H2,1H3,(H2,18,19,22,26). The molecule has 0 aliphatic heterocycles. The van der Waals surface area contributed by atoms with Crippen molar-refractivity contribution in [3.05, 3.63) is 56.5 Å². The summed E-state index contributed by atoms with van der Waals surface area (Å²) < 4.78 is 6.00. The lowest BCUT2D eigenvalue weighted by Gasteiger charge is -2.12. The van der Waals surface area contributed by atoms with E-state index in [9.17, 15) is 20.0 Å². The maximum absolute atomic E-state index is 12.2. The van der Waals surface area contributed by atoms with Crippen molar-refractivity contribution in [2.24, 2.45) is 0 Å². The van der Waals surface area contributed by atoms with Gasteiger partial charge in [0.05, 0.1) is 27.8 Å². The van der Waals surface area contributed by atoms with Crippen molar-refractivity contribution in [3.8, 4) is 11.5 Å². The summed E-state index contributed by atoms with van der Waals surface area (Å²) in [6.45, 7) is 2.35. The van der Waals surface area contributed by atoms with Crippen LogP contribution in [0.2, 0.25) is 0 Å². The summed E-state index contributed by atoms with van der Waals surface area (Å²) in [5.74, 6) is -0.215. The van der Waals surface area contributed by atoms with Gasteiger partial charge in [-0.25, -0.2) is 0 Å². The molecule has 0 atom stereocenters. The van der Waals surface area contributed by atoms with Gasteiger partial charge in [0.1, 0.15) is 11.5 Å². The zero-order valence-corrected chi connectivity index (χ0v) is 15.9. The highest BCUT2D eigenvalue weighted by Crippen LogP contribution is 2.28. The number of ether oxygens (including phenoxy) is 1. The van der Waals surface area contributed by atoms with Gasteiger partial charge in [-0.3, -0.25) is 20.2 Å². The average molecular weight is 440 g/mol. The van der Waals surface area contributed by atoms with Crippen LogP contribution in [-0.2, 0) is 0 Å². The van der Waals surface area contributed by atoms with Crippen LogP contribution in [0, 0.1) is 10.1 Å². The van der Waals surface area contributed by atoms with Gasteiger partial charge in [0.15, 0.2) is 5.11 Å². The highest BCUT2D eigenvalue weighted by molar-refractivity contribution is 9.10. The molecule has 0 aromatic heterocycles. The van der Waals surface area contributed by atoms with E-state index in [1.165, 1.54) is 12.1 Å². The molecular formula is C16H14BrN3O5S. The van der Waals surface area contributed by atoms with E-state index in [0.717, 1.165) is 6.07 Å². The number of phenols is 1. The van der Waals surface area contributed by atoms with E-state index in [2.05, 4.69) is 26.6 Å². The summed E-state index contributed by atoms with van der Waals surface area (Å²) in [6, 6.07) is 8.30. The lowest BCUT2D eigenvalue weighted by molar-refractivity contribution is -0.384. The predicted molar refractivity (Wildman–Crippen MR) is 104 cm³/mol. The molecule has 0 bridgehead atoms. The SMILES string of the molecule is CCOc1ccc(C(=O)NC(=S)Nc2ccc([N+](=O)[O-])cc2O)cc1Br. The third-order valence-electron chi connectivity index (χ3n) is 3.16. The van der Waals surface area contributed by atoms with E-state index < -0.39 is 10.8 Å². The van der Waals surface area contributed by atoms with Gasteiger partial charge in [-0.2, -0.15) is 0 Å². The number of amides is 1. The van der Waals surface area contributed by atoms with Crippen LogP contribution >= 0.6 is 28.1 Å². The first kappa shape index (κ1) is 19.6. The minimum atomic E-state index is -0.632. The number of anilines is 1. The number of benzene rings is 2. The van der Waals surface area contributed by atoms with Crippen LogP contribution in [-0.4, -0.2) is 27.7 Å². The molecule has 0 spiro atoms. The van der Waals surface area contributed by atoms with Crippen molar-refractivity contribution in [2.45, 2.75) is 6.92 Å².